The second-order valence-electron chi connectivity index (χ2n) is 19.4. The van der Waals surface area contributed by atoms with E-state index in [2.05, 4.69) is 0 Å². The molecule has 2 aliphatic rings. The van der Waals surface area contributed by atoms with E-state index in [0.29, 0.717) is 0 Å². The van der Waals surface area contributed by atoms with E-state index in [9.17, 15) is 55.9 Å². The fourth-order valence-electron chi connectivity index (χ4n) is 5.99. The predicted octanol–water partition coefficient (Wildman–Crippen LogP) is 6.57. The maximum Gasteiger partial charge on any atom is 1.00 e. The van der Waals surface area contributed by atoms with Crippen molar-refractivity contribution in [3.63, 3.8) is 0 Å². The predicted molar refractivity (Wildman–Crippen MR) is 229 cm³/mol. The fourth-order valence-corrected chi connectivity index (χ4v) is 6.21. The molecule has 0 radical (unpaired) electrons. The van der Waals surface area contributed by atoms with Crippen LogP contribution in [0.3, 0.4) is 0 Å². The zero-order chi connectivity index (χ0) is 49.6. The Labute approximate surface area is 411 Å². The van der Waals surface area contributed by atoms with Crippen LogP contribution >= 0.6 is 11.6 Å². The number of carbonyl (C=O) groups is 8. The van der Waals surface area contributed by atoms with Gasteiger partial charge in [0.25, 0.3) is 0 Å². The average Bonchev–Trinajstić information content (AvgIpc) is 3.06. The van der Waals surface area contributed by atoms with E-state index in [4.69, 9.17) is 40.0 Å². The molecule has 0 amide bonds. The second kappa shape index (κ2) is 27.2. The molecular formula is C45H74ClF4NaO14. The van der Waals surface area contributed by atoms with Crippen molar-refractivity contribution < 1.29 is 115 Å². The van der Waals surface area contributed by atoms with Crippen molar-refractivity contribution in [1.82, 2.24) is 0 Å². The molecule has 14 nitrogen and oxygen atoms in total. The van der Waals surface area contributed by atoms with Crippen molar-refractivity contribution in [3.05, 3.63) is 0 Å². The quantitative estimate of drug-likeness (QED) is 0.0481. The van der Waals surface area contributed by atoms with Gasteiger partial charge in [0.15, 0.2) is 11.7 Å². The van der Waals surface area contributed by atoms with Crippen LogP contribution in [0, 0.1) is 23.2 Å². The number of ketones is 1. The van der Waals surface area contributed by atoms with E-state index < -0.39 is 124 Å². The molecule has 0 N–H and O–H groups in total. The molecule has 0 aromatic rings. The Morgan fingerprint density at radius 3 is 1.17 bits per heavy atom. The Bertz CT molecular complexity index is 1540. The van der Waals surface area contributed by atoms with Crippen LogP contribution in [-0.4, -0.2) is 94.3 Å². The average molecular weight is 974 g/mol. The largest absolute Gasteiger partial charge is 1.00 e. The Kier molecular flexibility index (Phi) is 27.8. The molecule has 0 heterocycles. The molecule has 2 saturated carbocycles. The van der Waals surface area contributed by atoms with Gasteiger partial charge in [-0.05, 0) is 134 Å². The van der Waals surface area contributed by atoms with Gasteiger partial charge in [-0.2, -0.15) is 0 Å². The first-order valence-electron chi connectivity index (χ1n) is 21.0. The first-order chi connectivity index (χ1) is 28.3. The zero-order valence-electron chi connectivity index (χ0n) is 41.3. The van der Waals surface area contributed by atoms with Crippen molar-refractivity contribution in [2.24, 2.45) is 23.2 Å². The number of esters is 6. The Balaban J connectivity index is -0.000000474. The van der Waals surface area contributed by atoms with Crippen LogP contribution in [0.25, 0.3) is 0 Å². The summed E-state index contributed by atoms with van der Waals surface area (Å²) in [5.74, 6) is -14.8. The molecule has 2 aliphatic carbocycles. The summed E-state index contributed by atoms with van der Waals surface area (Å²) in [6.07, 6.45) is -2.79. The number of rotatable bonds is 13. The molecule has 0 atom stereocenters. The molecule has 0 unspecified atom stereocenters. The van der Waals surface area contributed by atoms with Crippen LogP contribution in [0.5, 0.6) is 0 Å². The minimum atomic E-state index is -2.92. The van der Waals surface area contributed by atoms with Crippen LogP contribution in [0.4, 0.5) is 17.6 Å². The van der Waals surface area contributed by atoms with Gasteiger partial charge >= 0.3 is 65.4 Å². The molecule has 374 valence electrons. The van der Waals surface area contributed by atoms with Gasteiger partial charge in [0, 0.05) is 37.5 Å². The van der Waals surface area contributed by atoms with E-state index in [1.807, 2.05) is 0 Å². The number of alkyl halides is 4. The van der Waals surface area contributed by atoms with Crippen LogP contribution < -0.4 is 29.6 Å². The summed E-state index contributed by atoms with van der Waals surface area (Å²) >= 11 is 5.17. The third-order valence-corrected chi connectivity index (χ3v) is 9.12. The third-order valence-electron chi connectivity index (χ3n) is 8.81. The summed E-state index contributed by atoms with van der Waals surface area (Å²) in [5.41, 5.74) is -6.32. The minimum Gasteiger partial charge on any atom is -1.00 e. The molecule has 2 rings (SSSR count). The number of halogens is 5. The molecular weight excluding hydrogens is 899 g/mol. The van der Waals surface area contributed by atoms with E-state index in [0.717, 1.165) is 0 Å². The van der Waals surface area contributed by atoms with Crippen LogP contribution in [0.15, 0.2) is 0 Å². The van der Waals surface area contributed by atoms with E-state index in [1.165, 1.54) is 6.92 Å². The van der Waals surface area contributed by atoms with Crippen molar-refractivity contribution in [1.29, 1.82) is 0 Å². The summed E-state index contributed by atoms with van der Waals surface area (Å²) < 4.78 is 83.0. The maximum absolute atomic E-state index is 13.6. The maximum atomic E-state index is 13.6. The van der Waals surface area contributed by atoms with Gasteiger partial charge in [-0.25, -0.2) is 17.6 Å². The van der Waals surface area contributed by atoms with Crippen molar-refractivity contribution in [3.8, 4) is 0 Å². The molecule has 20 heteroatoms. The normalized spacial score (nSPS) is 16.5. The number of carbonyl (C=O) groups excluding carboxylic acids is 8. The van der Waals surface area contributed by atoms with Gasteiger partial charge in [0.05, 0.1) is 26.1 Å². The molecule has 0 aromatic carbocycles. The summed E-state index contributed by atoms with van der Waals surface area (Å²) in [4.78, 5) is 98.7. The van der Waals surface area contributed by atoms with Gasteiger partial charge in [-0.3, -0.25) is 38.4 Å². The summed E-state index contributed by atoms with van der Waals surface area (Å²) in [6, 6.07) is 0. The summed E-state index contributed by atoms with van der Waals surface area (Å²) in [5, 5.41) is -0.472. The smallest absolute Gasteiger partial charge is 1.00 e. The molecule has 0 spiro atoms. The zero-order valence-corrected chi connectivity index (χ0v) is 43.1. The second-order valence-corrected chi connectivity index (χ2v) is 19.8. The first-order valence-corrected chi connectivity index (χ1v) is 21.4. The van der Waals surface area contributed by atoms with Gasteiger partial charge in [-0.1, -0.05) is 7.43 Å². The first kappa shape index (κ1) is 66.4. The molecule has 65 heavy (non-hydrogen) atoms. The SMILES string of the molecule is C.CCOC(=O)CC(C(=O)OC(C)(C)C)(C(=O)OC(C)(C)C)C(=O)C1CCC(F)(F)CC1.CCOC(=O)CC(C(=O)OC(C)(C)C)C(=O)OC(C)(C)C.O=C(Cl)C1CCC(F)(F)CC1.[H-].[Na+]. The van der Waals surface area contributed by atoms with Crippen molar-refractivity contribution >= 4 is 58.4 Å². The van der Waals surface area contributed by atoms with Crippen molar-refractivity contribution in [2.45, 2.75) is 203 Å². The van der Waals surface area contributed by atoms with E-state index in [-0.39, 0.29) is 96.1 Å². The van der Waals surface area contributed by atoms with Crippen molar-refractivity contribution in [2.75, 3.05) is 13.2 Å². The minimum absolute atomic E-state index is 0. The number of hydrogen-bond donors (Lipinski definition) is 0. The standard InChI is InChI=1S/C22H34F2O7.C15H26O6.C7H9ClF2O.CH4.Na.H/c1-8-29-15(25)13-22(17(27)30-19(2,3)4,18(28)31-20(5,6)7)16(26)14-9-11-21(23,24)12-10-14;1-8-19-11(16)9-10(12(17)20-14(2,3)4)13(18)21-15(5,6)7;8-6(11)5-1-3-7(9,10)4-2-5;;;/h14H,8-13H2,1-7H3;10H,8-9H2,1-7H3;5H,1-4H2;1H4;;/q;;;;+1;-1. The molecule has 0 saturated heterocycles. The Morgan fingerprint density at radius 2 is 0.877 bits per heavy atom. The number of hydrogen-bond acceptors (Lipinski definition) is 14. The monoisotopic (exact) mass is 972 g/mol. The summed E-state index contributed by atoms with van der Waals surface area (Å²) in [6.45, 7) is 22.7. The number of ether oxygens (including phenoxy) is 6. The van der Waals surface area contributed by atoms with Crippen LogP contribution in [0.2, 0.25) is 0 Å². The van der Waals surface area contributed by atoms with Crippen LogP contribution in [0.1, 0.15) is 170 Å². The van der Waals surface area contributed by atoms with E-state index >= 15 is 0 Å². The van der Waals surface area contributed by atoms with Gasteiger partial charge in [-0.15, -0.1) is 0 Å². The van der Waals surface area contributed by atoms with Gasteiger partial charge in [0.1, 0.15) is 22.4 Å². The topological polar surface area (TPSA) is 192 Å². The molecule has 0 aromatic heterocycles. The Hall–Kier alpha value is -2.83. The third kappa shape index (κ3) is 26.3. The Morgan fingerprint density at radius 1 is 0.569 bits per heavy atom. The molecule has 0 bridgehead atoms. The van der Waals surface area contributed by atoms with Crippen LogP contribution in [-0.2, 0) is 66.8 Å². The van der Waals surface area contributed by atoms with Gasteiger partial charge < -0.3 is 29.8 Å². The van der Waals surface area contributed by atoms with E-state index in [1.54, 1.807) is 90.0 Å². The summed E-state index contributed by atoms with van der Waals surface area (Å²) in [7, 11) is 0. The number of Topliss-reactive ketones (excluding diaryl/α,β-unsaturated/α-hetero) is 1. The van der Waals surface area contributed by atoms with Gasteiger partial charge in [0.2, 0.25) is 22.5 Å². The molecule has 0 aliphatic heterocycles. The molecule has 2 fully saturated rings. The fraction of sp³-hybridized carbons (Fsp3) is 0.822.